The monoisotopic (exact) mass is 448 g/mol. The third kappa shape index (κ3) is 4.69. The number of carbonyl (C=O) groups excluding carboxylic acids is 2. The zero-order valence-electron chi connectivity index (χ0n) is 18.0. The highest BCUT2D eigenvalue weighted by atomic mass is 35.5. The number of Topliss-reactive ketones (excluding diaryl/α,β-unsaturated/α-hetero) is 1. The molecular weight excluding hydrogens is 424 g/mol. The van der Waals surface area contributed by atoms with Crippen molar-refractivity contribution in [3.05, 3.63) is 101 Å². The maximum atomic E-state index is 13.5. The Balaban J connectivity index is 1.72. The lowest BCUT2D eigenvalue weighted by Crippen LogP contribution is -2.49. The summed E-state index contributed by atoms with van der Waals surface area (Å²) in [5.74, 6) is -0.360. The second-order valence-electron chi connectivity index (χ2n) is 8.38. The Bertz CT molecular complexity index is 1130. The third-order valence-corrected chi connectivity index (χ3v) is 5.76. The molecule has 0 saturated heterocycles. The molecule has 1 atom stereocenters. The van der Waals surface area contributed by atoms with Gasteiger partial charge in [0.15, 0.2) is 5.78 Å². The third-order valence-electron chi connectivity index (χ3n) is 5.52. The van der Waals surface area contributed by atoms with Gasteiger partial charge in [0.1, 0.15) is 12.1 Å². The number of rotatable bonds is 6. The van der Waals surface area contributed by atoms with Gasteiger partial charge < -0.3 is 5.32 Å². The van der Waals surface area contributed by atoms with E-state index in [9.17, 15) is 9.59 Å². The molecule has 0 unspecified atom stereocenters. The molecule has 6 heteroatoms. The molecule has 0 aliphatic carbocycles. The van der Waals surface area contributed by atoms with Crippen LogP contribution in [0.15, 0.2) is 78.9 Å². The topological polar surface area (TPSA) is 58.6 Å². The molecule has 0 aromatic heterocycles. The fourth-order valence-electron chi connectivity index (χ4n) is 3.85. The standard InChI is InChI=1S/C26H25ClN2O3/c1-26(2)25(31)29(32-17-18-9-4-3-5-10-18)23(21-13-6-7-14-22(21)28-26)16-24(30)19-11-8-12-20(27)15-19/h3-15,23,28H,16-17H2,1-2H3/t23-/m1/s1. The highest BCUT2D eigenvalue weighted by molar-refractivity contribution is 6.31. The molecule has 4 rings (SSSR count). The van der Waals surface area contributed by atoms with Crippen molar-refractivity contribution in [2.24, 2.45) is 0 Å². The van der Waals surface area contributed by atoms with Crippen LogP contribution >= 0.6 is 11.6 Å². The highest BCUT2D eigenvalue weighted by Gasteiger charge is 2.42. The second kappa shape index (κ2) is 9.15. The Labute approximate surface area is 192 Å². The fourth-order valence-corrected chi connectivity index (χ4v) is 4.04. The number of benzene rings is 3. The molecule has 164 valence electrons. The van der Waals surface area contributed by atoms with Gasteiger partial charge in [0, 0.05) is 28.3 Å². The molecule has 0 fully saturated rings. The van der Waals surface area contributed by atoms with E-state index in [2.05, 4.69) is 5.32 Å². The number of ketones is 1. The number of carbonyl (C=O) groups is 2. The fraction of sp³-hybridized carbons (Fsp3) is 0.231. The van der Waals surface area contributed by atoms with E-state index in [1.54, 1.807) is 24.3 Å². The van der Waals surface area contributed by atoms with Crippen LogP contribution in [-0.2, 0) is 16.2 Å². The van der Waals surface area contributed by atoms with E-state index in [1.165, 1.54) is 5.06 Å². The van der Waals surface area contributed by atoms with Gasteiger partial charge in [-0.2, -0.15) is 0 Å². The molecule has 0 radical (unpaired) electrons. The summed E-state index contributed by atoms with van der Waals surface area (Å²) in [5, 5.41) is 5.19. The van der Waals surface area contributed by atoms with Crippen LogP contribution in [0.2, 0.25) is 5.02 Å². The van der Waals surface area contributed by atoms with Crippen molar-refractivity contribution in [2.45, 2.75) is 38.5 Å². The number of hydrogen-bond acceptors (Lipinski definition) is 4. The predicted molar refractivity (Wildman–Crippen MR) is 125 cm³/mol. The van der Waals surface area contributed by atoms with E-state index in [4.69, 9.17) is 16.4 Å². The highest BCUT2D eigenvalue weighted by Crippen LogP contribution is 2.38. The number of nitrogens with zero attached hydrogens (tertiary/aromatic N) is 1. The molecule has 5 nitrogen and oxygen atoms in total. The van der Waals surface area contributed by atoms with E-state index >= 15 is 0 Å². The lowest BCUT2D eigenvalue weighted by atomic mass is 9.96. The minimum Gasteiger partial charge on any atom is -0.371 e. The summed E-state index contributed by atoms with van der Waals surface area (Å²) in [6, 6.07) is 23.5. The number of anilines is 1. The minimum atomic E-state index is -0.916. The molecule has 0 saturated carbocycles. The number of nitrogens with one attached hydrogen (secondary N) is 1. The van der Waals surface area contributed by atoms with Gasteiger partial charge in [-0.3, -0.25) is 14.4 Å². The van der Waals surface area contributed by atoms with Crippen molar-refractivity contribution in [3.8, 4) is 0 Å². The van der Waals surface area contributed by atoms with Gasteiger partial charge in [-0.25, -0.2) is 5.06 Å². The summed E-state index contributed by atoms with van der Waals surface area (Å²) in [6.07, 6.45) is 0.0651. The van der Waals surface area contributed by atoms with Gasteiger partial charge in [0.05, 0.1) is 6.04 Å². The first kappa shape index (κ1) is 22.1. The Morgan fingerprint density at radius 1 is 1.03 bits per heavy atom. The first-order chi connectivity index (χ1) is 15.3. The van der Waals surface area contributed by atoms with Crippen molar-refractivity contribution in [1.29, 1.82) is 0 Å². The smallest absolute Gasteiger partial charge is 0.271 e. The predicted octanol–water partition coefficient (Wildman–Crippen LogP) is 5.82. The molecule has 0 spiro atoms. The largest absolute Gasteiger partial charge is 0.371 e. The summed E-state index contributed by atoms with van der Waals surface area (Å²) in [4.78, 5) is 32.8. The summed E-state index contributed by atoms with van der Waals surface area (Å²) in [6.45, 7) is 3.84. The Kier molecular flexibility index (Phi) is 6.31. The van der Waals surface area contributed by atoms with E-state index in [1.807, 2.05) is 68.4 Å². The molecular formula is C26H25ClN2O3. The second-order valence-corrected chi connectivity index (χ2v) is 8.82. The lowest BCUT2D eigenvalue weighted by Gasteiger charge is -2.33. The average Bonchev–Trinajstić information content (AvgIpc) is 2.86. The molecule has 1 heterocycles. The van der Waals surface area contributed by atoms with Crippen molar-refractivity contribution < 1.29 is 14.4 Å². The molecule has 3 aromatic carbocycles. The van der Waals surface area contributed by atoms with Crippen LogP contribution in [0.1, 0.15) is 47.8 Å². The molecule has 0 bridgehead atoms. The van der Waals surface area contributed by atoms with Crippen LogP contribution in [0.4, 0.5) is 5.69 Å². The average molecular weight is 449 g/mol. The van der Waals surface area contributed by atoms with Crippen LogP contribution in [-0.4, -0.2) is 22.3 Å². The Hall–Kier alpha value is -3.15. The van der Waals surface area contributed by atoms with Crippen LogP contribution in [0.25, 0.3) is 0 Å². The normalized spacial score (nSPS) is 17.3. The molecule has 1 aliphatic heterocycles. The van der Waals surface area contributed by atoms with Crippen molar-refractivity contribution in [3.63, 3.8) is 0 Å². The maximum absolute atomic E-state index is 13.5. The van der Waals surface area contributed by atoms with Crippen molar-refractivity contribution in [2.75, 3.05) is 5.32 Å². The molecule has 3 aromatic rings. The lowest BCUT2D eigenvalue weighted by molar-refractivity contribution is -0.209. The molecule has 1 N–H and O–H groups in total. The minimum absolute atomic E-state index is 0.0651. The van der Waals surface area contributed by atoms with Crippen LogP contribution in [0.3, 0.4) is 0 Å². The molecule has 32 heavy (non-hydrogen) atoms. The van der Waals surface area contributed by atoms with Gasteiger partial charge in [0.2, 0.25) is 0 Å². The number of fused-ring (bicyclic) bond motifs is 1. The van der Waals surface area contributed by atoms with Gasteiger partial charge in [-0.1, -0.05) is 72.3 Å². The van der Waals surface area contributed by atoms with Gasteiger partial charge >= 0.3 is 0 Å². The Morgan fingerprint density at radius 3 is 2.50 bits per heavy atom. The van der Waals surface area contributed by atoms with Crippen molar-refractivity contribution in [1.82, 2.24) is 5.06 Å². The Morgan fingerprint density at radius 2 is 1.75 bits per heavy atom. The summed E-state index contributed by atoms with van der Waals surface area (Å²) in [7, 11) is 0. The number of amides is 1. The van der Waals surface area contributed by atoms with Crippen molar-refractivity contribution >= 4 is 29.0 Å². The number of halogens is 1. The van der Waals surface area contributed by atoms with Gasteiger partial charge in [-0.05, 0) is 37.6 Å². The first-order valence-corrected chi connectivity index (χ1v) is 10.9. The first-order valence-electron chi connectivity index (χ1n) is 10.5. The number of hydrogen-bond donors (Lipinski definition) is 1. The number of hydroxylamine groups is 2. The summed E-state index contributed by atoms with van der Waals surface area (Å²) < 4.78 is 0. The van der Waals surface area contributed by atoms with Crippen LogP contribution in [0.5, 0.6) is 0 Å². The zero-order valence-corrected chi connectivity index (χ0v) is 18.8. The van der Waals surface area contributed by atoms with E-state index in [0.29, 0.717) is 10.6 Å². The van der Waals surface area contributed by atoms with E-state index in [0.717, 1.165) is 16.8 Å². The molecule has 1 aliphatic rings. The maximum Gasteiger partial charge on any atom is 0.271 e. The number of para-hydroxylation sites is 1. The summed E-state index contributed by atoms with van der Waals surface area (Å²) >= 11 is 6.09. The quantitative estimate of drug-likeness (QED) is 0.483. The molecule has 1 amide bonds. The summed E-state index contributed by atoms with van der Waals surface area (Å²) in [5.41, 5.74) is 2.15. The SMILES string of the molecule is CC1(C)Nc2ccccc2[C@@H](CC(=O)c2cccc(Cl)c2)N(OCc2ccccc2)C1=O. The zero-order chi connectivity index (χ0) is 22.7. The van der Waals surface area contributed by atoms with Gasteiger partial charge in [-0.15, -0.1) is 0 Å². The van der Waals surface area contributed by atoms with E-state index < -0.39 is 11.6 Å². The van der Waals surface area contributed by atoms with Crippen LogP contribution < -0.4 is 5.32 Å². The van der Waals surface area contributed by atoms with Crippen LogP contribution in [0, 0.1) is 0 Å². The van der Waals surface area contributed by atoms with Gasteiger partial charge in [0.25, 0.3) is 5.91 Å². The van der Waals surface area contributed by atoms with E-state index in [-0.39, 0.29) is 24.7 Å².